The van der Waals surface area contributed by atoms with Crippen LogP contribution in [0.1, 0.15) is 164 Å². The van der Waals surface area contributed by atoms with Crippen LogP contribution in [0.15, 0.2) is 150 Å². The van der Waals surface area contributed by atoms with Gasteiger partial charge in [-0.2, -0.15) is 0 Å². The molecule has 0 radical (unpaired) electrons. The lowest BCUT2D eigenvalue weighted by atomic mass is 10.1. The summed E-state index contributed by atoms with van der Waals surface area (Å²) in [5.74, 6) is 1.10. The SMILES string of the molecule is Brc1cccc2c1OCCNC2.CC(C)(C)OC(=O)N1CCOc2c(Br)cccc2C1.CC(C)(C)OC(=O)N1CCOc2c(cccc2C(=O)O)C1.COC(=O)c1cccc2c1OCCN(C(=O)OC(C)(C)C)C2.Cc1c(Br)cccc1C=O.Cc1c(Br)cccc1CN(CCO)C(=O)OC(C)(C)C.Cc1c(Br)cccc1CNCCO. The number of carbonyl (C=O) groups excluding carboxylic acids is 6. The number of esters is 1. The predicted octanol–water partition coefficient (Wildman–Crippen LogP) is 18.5. The van der Waals surface area contributed by atoms with Gasteiger partial charge in [0.1, 0.15) is 89.2 Å². The van der Waals surface area contributed by atoms with Crippen LogP contribution in [-0.2, 0) is 63.0 Å². The van der Waals surface area contributed by atoms with Gasteiger partial charge in [0.15, 0.2) is 0 Å². The van der Waals surface area contributed by atoms with Gasteiger partial charge in [-0.1, -0.05) is 133 Å². The number of ether oxygens (including phenoxy) is 9. The number of fused-ring (bicyclic) bond motifs is 4. The van der Waals surface area contributed by atoms with Crippen molar-refractivity contribution < 1.29 is 91.5 Å². The van der Waals surface area contributed by atoms with E-state index >= 15 is 0 Å². The molecule has 30 heteroatoms. The monoisotopic (exact) mass is 1940 g/mol. The zero-order valence-electron chi connectivity index (χ0n) is 69.5. The number of rotatable bonds is 11. The second kappa shape index (κ2) is 48.1. The summed E-state index contributed by atoms with van der Waals surface area (Å²) < 4.78 is 53.8. The fraction of sp³-hybridized carbons (Fsp3) is 0.437. The summed E-state index contributed by atoms with van der Waals surface area (Å²) in [5, 5.41) is 33.3. The van der Waals surface area contributed by atoms with E-state index in [1.165, 1.54) is 39.7 Å². The Morgan fingerprint density at radius 1 is 0.487 bits per heavy atom. The molecule has 117 heavy (non-hydrogen) atoms. The van der Waals surface area contributed by atoms with Crippen LogP contribution in [-0.4, -0.2) is 186 Å². The van der Waals surface area contributed by atoms with E-state index in [9.17, 15) is 38.7 Å². The summed E-state index contributed by atoms with van der Waals surface area (Å²) in [6, 6.07) is 39.6. The van der Waals surface area contributed by atoms with Gasteiger partial charge in [-0.15, -0.1) is 0 Å². The predicted molar refractivity (Wildman–Crippen MR) is 468 cm³/mol. The van der Waals surface area contributed by atoms with Gasteiger partial charge in [-0.25, -0.2) is 28.8 Å². The van der Waals surface area contributed by atoms with E-state index in [1.54, 1.807) is 60.9 Å². The maximum absolute atomic E-state index is 12.2. The van der Waals surface area contributed by atoms with E-state index in [-0.39, 0.29) is 44.6 Å². The van der Waals surface area contributed by atoms with Gasteiger partial charge < -0.3 is 88.2 Å². The van der Waals surface area contributed by atoms with Gasteiger partial charge in [0, 0.05) is 80.5 Å². The highest BCUT2D eigenvalue weighted by Gasteiger charge is 2.31. The molecule has 5 N–H and O–H groups in total. The van der Waals surface area contributed by atoms with Crippen molar-refractivity contribution in [2.45, 2.75) is 166 Å². The molecule has 4 aliphatic heterocycles. The highest BCUT2D eigenvalue weighted by atomic mass is 79.9. The van der Waals surface area contributed by atoms with Crippen molar-refractivity contribution in [3.8, 4) is 23.0 Å². The van der Waals surface area contributed by atoms with Crippen molar-refractivity contribution in [2.75, 3.05) is 86.0 Å². The molecule has 638 valence electrons. The highest BCUT2D eigenvalue weighted by molar-refractivity contribution is 9.11. The molecule has 0 bridgehead atoms. The van der Waals surface area contributed by atoms with Crippen molar-refractivity contribution in [1.82, 2.24) is 30.2 Å². The third-order valence-corrected chi connectivity index (χ3v) is 20.6. The van der Waals surface area contributed by atoms with E-state index in [0.717, 1.165) is 99.8 Å². The van der Waals surface area contributed by atoms with Crippen LogP contribution in [0.2, 0.25) is 0 Å². The van der Waals surface area contributed by atoms with Crippen molar-refractivity contribution in [1.29, 1.82) is 0 Å². The number of hydrogen-bond donors (Lipinski definition) is 5. The first-order valence-corrected chi connectivity index (χ1v) is 41.9. The number of nitrogens with one attached hydrogen (secondary N) is 2. The molecule has 7 aromatic carbocycles. The molecule has 25 nitrogen and oxygen atoms in total. The van der Waals surface area contributed by atoms with Crippen LogP contribution in [0.5, 0.6) is 23.0 Å². The van der Waals surface area contributed by atoms with Crippen LogP contribution in [0.25, 0.3) is 0 Å². The third kappa shape index (κ3) is 34.1. The normalized spacial score (nSPS) is 13.4. The minimum atomic E-state index is -1.04. The molecular formula is C87H111Br5N6O19. The lowest BCUT2D eigenvalue weighted by Gasteiger charge is -2.27. The molecule has 4 aliphatic rings. The van der Waals surface area contributed by atoms with Gasteiger partial charge in [0.2, 0.25) is 0 Å². The lowest BCUT2D eigenvalue weighted by Crippen LogP contribution is -2.38. The molecule has 0 atom stereocenters. The largest absolute Gasteiger partial charge is 0.491 e. The van der Waals surface area contributed by atoms with Gasteiger partial charge in [-0.05, 0) is 206 Å². The van der Waals surface area contributed by atoms with E-state index in [1.807, 2.05) is 155 Å². The molecule has 0 spiro atoms. The summed E-state index contributed by atoms with van der Waals surface area (Å²) in [5.41, 5.74) is 8.33. The Morgan fingerprint density at radius 2 is 0.872 bits per heavy atom. The van der Waals surface area contributed by atoms with Crippen molar-refractivity contribution in [3.05, 3.63) is 217 Å². The first-order chi connectivity index (χ1) is 55.1. The lowest BCUT2D eigenvalue weighted by molar-refractivity contribution is 0.0196. The minimum Gasteiger partial charge on any atom is -0.491 e. The number of carboxylic acids is 1. The van der Waals surface area contributed by atoms with Crippen molar-refractivity contribution in [2.24, 2.45) is 0 Å². The number of aldehydes is 1. The van der Waals surface area contributed by atoms with E-state index in [0.29, 0.717) is 81.7 Å². The Bertz CT molecular complexity index is 4450. The van der Waals surface area contributed by atoms with Crippen LogP contribution >= 0.6 is 79.6 Å². The van der Waals surface area contributed by atoms with Crippen LogP contribution in [0, 0.1) is 20.8 Å². The molecule has 0 saturated heterocycles. The van der Waals surface area contributed by atoms with Crippen molar-refractivity contribution >= 4 is 122 Å². The zero-order valence-corrected chi connectivity index (χ0v) is 77.4. The number of aliphatic hydroxyl groups is 2. The number of carbonyl (C=O) groups is 7. The average Bonchev–Trinajstić information content (AvgIpc) is 1.76. The maximum Gasteiger partial charge on any atom is 0.410 e. The van der Waals surface area contributed by atoms with E-state index in [2.05, 4.69) is 109 Å². The van der Waals surface area contributed by atoms with Crippen LogP contribution in [0.3, 0.4) is 0 Å². The average molecular weight is 1940 g/mol. The Morgan fingerprint density at radius 3 is 1.32 bits per heavy atom. The first-order valence-electron chi connectivity index (χ1n) is 37.9. The number of para-hydroxylation sites is 4. The highest BCUT2D eigenvalue weighted by Crippen LogP contribution is 2.35. The summed E-state index contributed by atoms with van der Waals surface area (Å²) in [6.45, 7) is 36.1. The second-order valence-corrected chi connectivity index (χ2v) is 35.0. The number of carboxylic acid groups (broad SMARTS) is 1. The number of halogens is 5. The number of methoxy groups -OCH3 is 1. The van der Waals surface area contributed by atoms with Crippen LogP contribution < -0.4 is 29.6 Å². The number of benzene rings is 7. The number of aromatic carboxylic acids is 1. The quantitative estimate of drug-likeness (QED) is 0.0348. The number of hydrogen-bond acceptors (Lipinski definition) is 20. The molecule has 7 aromatic rings. The maximum atomic E-state index is 12.2. The van der Waals surface area contributed by atoms with Crippen molar-refractivity contribution in [3.63, 3.8) is 0 Å². The fourth-order valence-electron chi connectivity index (χ4n) is 11.0. The number of aliphatic hydroxyl groups excluding tert-OH is 2. The Labute approximate surface area is 729 Å². The standard InChI is InChI=1S/C16H21NO5.C15H22BrNO3.C15H19NO5.C14H18BrNO3.C10H14BrNO.C9H10BrNO.C8H7BrO/c1-16(2,3)22-15(19)17-8-9-21-13-11(10-17)6-5-7-12(13)14(18)20-4;1-11-12(6-5-7-13(11)16)10-17(8-9-18)14(19)20-15(2,3)4;1-15(2,3)21-14(19)16-7-8-20-12-10(9-16)5-4-6-11(12)13(17)18;1-14(2,3)19-13(17)16-7-8-18-12-10(9-16)5-4-6-11(12)15;1-8-9(7-12-5-6-13)3-2-4-10(8)11;10-8-3-1-2-7-6-11-4-5-12-9(7)8;1-6-7(5-10)3-2-4-8(6)9/h5-7H,8-10H2,1-4H3;5-7,18H,8-10H2,1-4H3;4-6H,7-9H2,1-3H3,(H,17,18);4-6H,7-9H2,1-3H3;2-4,12-13H,5-7H2,1H3;1-3,11H,4-6H2;2-5H,1H3. The molecule has 0 fully saturated rings. The third-order valence-electron chi connectivity index (χ3n) is 16.8. The Balaban J connectivity index is 0.000000247. The number of nitrogens with zero attached hydrogens (tertiary/aromatic N) is 4. The molecule has 0 unspecified atom stereocenters. The summed E-state index contributed by atoms with van der Waals surface area (Å²) in [4.78, 5) is 88.2. The van der Waals surface area contributed by atoms with Gasteiger partial charge in [-0.3, -0.25) is 4.79 Å². The van der Waals surface area contributed by atoms with E-state index in [4.69, 9.17) is 52.8 Å². The first kappa shape index (κ1) is 99.2. The second-order valence-electron chi connectivity index (χ2n) is 30.8. The molecule has 11 rings (SSSR count). The molecule has 0 saturated carbocycles. The molecule has 4 amide bonds. The number of amides is 4. The molecule has 0 aromatic heterocycles. The zero-order chi connectivity index (χ0) is 87.0. The van der Waals surface area contributed by atoms with Gasteiger partial charge in [0.25, 0.3) is 0 Å². The summed E-state index contributed by atoms with van der Waals surface area (Å²) in [6.07, 6.45) is -0.679. The fourth-order valence-corrected chi connectivity index (χ4v) is 13.3. The molecule has 4 heterocycles. The Hall–Kier alpha value is -8.33. The smallest absolute Gasteiger partial charge is 0.410 e. The summed E-state index contributed by atoms with van der Waals surface area (Å²) in [7, 11) is 1.32. The Kier molecular flexibility index (Phi) is 40.8. The minimum absolute atomic E-state index is 0.0910. The van der Waals surface area contributed by atoms with Gasteiger partial charge in [0.05, 0.1) is 68.5 Å². The summed E-state index contributed by atoms with van der Waals surface area (Å²) >= 11 is 17.2. The van der Waals surface area contributed by atoms with Crippen LogP contribution in [0.4, 0.5) is 19.2 Å². The van der Waals surface area contributed by atoms with E-state index < -0.39 is 52.6 Å². The molecule has 0 aliphatic carbocycles. The molecular weight excluding hydrogens is 1830 g/mol. The topological polar surface area (TPSA) is 300 Å². The van der Waals surface area contributed by atoms with Gasteiger partial charge >= 0.3 is 36.3 Å².